The van der Waals surface area contributed by atoms with Crippen molar-refractivity contribution in [1.29, 1.82) is 5.26 Å². The van der Waals surface area contributed by atoms with Gasteiger partial charge < -0.3 is 4.90 Å². The maximum absolute atomic E-state index is 8.85. The largest absolute Gasteiger partial charge is 0.353 e. The molecule has 5 nitrogen and oxygen atoms in total. The van der Waals surface area contributed by atoms with Gasteiger partial charge in [0, 0.05) is 14.1 Å². The van der Waals surface area contributed by atoms with E-state index in [1.54, 1.807) is 6.07 Å². The quantitative estimate of drug-likeness (QED) is 0.812. The minimum Gasteiger partial charge on any atom is -0.353 e. The molecule has 0 N–H and O–H groups in total. The maximum atomic E-state index is 8.85. The first-order valence-corrected chi connectivity index (χ1v) is 6.86. The molecule has 0 aromatic carbocycles. The van der Waals surface area contributed by atoms with Crippen LogP contribution in [0.5, 0.6) is 0 Å². The highest BCUT2D eigenvalue weighted by molar-refractivity contribution is 8.01. The van der Waals surface area contributed by atoms with Gasteiger partial charge in [-0.3, -0.25) is 0 Å². The molecule has 0 aliphatic rings. The van der Waals surface area contributed by atoms with Crippen molar-refractivity contribution in [1.82, 2.24) is 15.2 Å². The molecule has 0 spiro atoms. The smallest absolute Gasteiger partial charge is 0.208 e. The summed E-state index contributed by atoms with van der Waals surface area (Å²) in [5.41, 5.74) is 0.481. The molecule has 2 rings (SSSR count). The van der Waals surface area contributed by atoms with E-state index in [0.29, 0.717) is 15.7 Å². The second kappa shape index (κ2) is 5.52. The Kier molecular flexibility index (Phi) is 4.01. The highest BCUT2D eigenvalue weighted by atomic mass is 35.5. The molecule has 8 heteroatoms. The van der Waals surface area contributed by atoms with Gasteiger partial charge in [-0.2, -0.15) is 5.26 Å². The maximum Gasteiger partial charge on any atom is 0.208 e. The van der Waals surface area contributed by atoms with Crippen molar-refractivity contribution in [2.24, 2.45) is 0 Å². The summed E-state index contributed by atoms with van der Waals surface area (Å²) in [4.78, 5) is 6.02. The van der Waals surface area contributed by atoms with Crippen LogP contribution in [-0.4, -0.2) is 29.3 Å². The van der Waals surface area contributed by atoms with Gasteiger partial charge in [0.05, 0.1) is 11.6 Å². The summed E-state index contributed by atoms with van der Waals surface area (Å²) in [7, 11) is 3.81. The molecule has 0 amide bonds. The Bertz CT molecular complexity index is 605. The van der Waals surface area contributed by atoms with Gasteiger partial charge in [-0.25, -0.2) is 4.98 Å². The summed E-state index contributed by atoms with van der Waals surface area (Å²) in [6.07, 6.45) is 0. The van der Waals surface area contributed by atoms with Crippen LogP contribution in [0, 0.1) is 11.3 Å². The molecule has 92 valence electrons. The molecule has 0 radical (unpaired) electrons. The monoisotopic (exact) mass is 297 g/mol. The lowest BCUT2D eigenvalue weighted by Gasteiger charge is -2.03. The minimum atomic E-state index is 0.300. The highest BCUT2D eigenvalue weighted by Crippen LogP contribution is 2.32. The zero-order chi connectivity index (χ0) is 13.1. The van der Waals surface area contributed by atoms with E-state index in [4.69, 9.17) is 16.9 Å². The molecule has 2 aromatic heterocycles. The van der Waals surface area contributed by atoms with Crippen LogP contribution in [0.25, 0.3) is 0 Å². The van der Waals surface area contributed by atoms with Crippen LogP contribution in [0.4, 0.5) is 5.13 Å². The van der Waals surface area contributed by atoms with Gasteiger partial charge in [0.1, 0.15) is 10.2 Å². The van der Waals surface area contributed by atoms with E-state index < -0.39 is 0 Å². The van der Waals surface area contributed by atoms with Crippen molar-refractivity contribution >= 4 is 39.8 Å². The normalized spacial score (nSPS) is 10.1. The molecule has 0 saturated carbocycles. The van der Waals surface area contributed by atoms with E-state index in [1.807, 2.05) is 25.1 Å². The Morgan fingerprint density at radius 3 is 2.78 bits per heavy atom. The van der Waals surface area contributed by atoms with Crippen LogP contribution in [0.1, 0.15) is 5.56 Å². The van der Waals surface area contributed by atoms with Gasteiger partial charge in [0.15, 0.2) is 4.34 Å². The molecule has 0 unspecified atom stereocenters. The topological polar surface area (TPSA) is 65.7 Å². The fraction of sp³-hybridized carbons (Fsp3) is 0.200. The van der Waals surface area contributed by atoms with Crippen molar-refractivity contribution in [2.45, 2.75) is 9.37 Å². The van der Waals surface area contributed by atoms with Gasteiger partial charge in [-0.1, -0.05) is 22.9 Å². The van der Waals surface area contributed by atoms with Gasteiger partial charge in [-0.15, -0.1) is 10.2 Å². The molecule has 0 aliphatic heterocycles. The SMILES string of the molecule is CN(C)c1nnc(Sc2cc(C#N)cc(Cl)n2)s1. The van der Waals surface area contributed by atoms with Crippen LogP contribution in [-0.2, 0) is 0 Å². The molecule has 2 heterocycles. The summed E-state index contributed by atoms with van der Waals surface area (Å²) in [6.45, 7) is 0. The van der Waals surface area contributed by atoms with Crippen LogP contribution >= 0.6 is 34.7 Å². The molecular weight excluding hydrogens is 290 g/mol. The van der Waals surface area contributed by atoms with Crippen molar-refractivity contribution in [3.05, 3.63) is 22.8 Å². The molecule has 2 aromatic rings. The number of halogens is 1. The summed E-state index contributed by atoms with van der Waals surface area (Å²) in [5.74, 6) is 0. The standard InChI is InChI=1S/C10H8ClN5S2/c1-16(2)9-14-15-10(18-9)17-8-4-6(5-12)3-7(11)13-8/h3-4H,1-2H3. The second-order valence-electron chi connectivity index (χ2n) is 3.48. The van der Waals surface area contributed by atoms with Gasteiger partial charge in [-0.05, 0) is 23.9 Å². The lowest BCUT2D eigenvalue weighted by molar-refractivity contribution is 0.970. The third kappa shape index (κ3) is 3.10. The molecule has 0 aliphatic carbocycles. The molecule has 0 bridgehead atoms. The molecule has 0 atom stereocenters. The van der Waals surface area contributed by atoms with E-state index in [9.17, 15) is 0 Å². The number of nitrogens with zero attached hydrogens (tertiary/aromatic N) is 5. The Balaban J connectivity index is 2.23. The lowest BCUT2D eigenvalue weighted by Crippen LogP contribution is -2.07. The number of aromatic nitrogens is 3. The lowest BCUT2D eigenvalue weighted by atomic mass is 10.3. The third-order valence-corrected chi connectivity index (χ3v) is 4.12. The van der Waals surface area contributed by atoms with Gasteiger partial charge in [0.25, 0.3) is 0 Å². The first-order valence-electron chi connectivity index (χ1n) is 4.85. The predicted octanol–water partition coefficient (Wildman–Crippen LogP) is 2.68. The van der Waals surface area contributed by atoms with Crippen molar-refractivity contribution in [3.8, 4) is 6.07 Å². The summed E-state index contributed by atoms with van der Waals surface area (Å²) >= 11 is 8.63. The number of rotatable bonds is 3. The number of anilines is 1. The summed E-state index contributed by atoms with van der Waals surface area (Å²) < 4.78 is 0.761. The van der Waals surface area contributed by atoms with Crippen LogP contribution in [0.15, 0.2) is 21.5 Å². The van der Waals surface area contributed by atoms with E-state index in [2.05, 4.69) is 15.2 Å². The average Bonchev–Trinajstić information content (AvgIpc) is 2.76. The van der Waals surface area contributed by atoms with E-state index in [0.717, 1.165) is 9.47 Å². The Labute approximate surface area is 117 Å². The predicted molar refractivity (Wildman–Crippen MR) is 72.3 cm³/mol. The number of pyridine rings is 1. The van der Waals surface area contributed by atoms with E-state index in [-0.39, 0.29) is 0 Å². The number of hydrogen-bond donors (Lipinski definition) is 0. The van der Waals surface area contributed by atoms with Crippen LogP contribution < -0.4 is 4.90 Å². The van der Waals surface area contributed by atoms with Crippen molar-refractivity contribution in [3.63, 3.8) is 0 Å². The Morgan fingerprint density at radius 1 is 1.39 bits per heavy atom. The highest BCUT2D eigenvalue weighted by Gasteiger charge is 2.09. The minimum absolute atomic E-state index is 0.300. The van der Waals surface area contributed by atoms with Gasteiger partial charge in [0.2, 0.25) is 5.13 Å². The zero-order valence-electron chi connectivity index (χ0n) is 9.59. The number of hydrogen-bond acceptors (Lipinski definition) is 7. The van der Waals surface area contributed by atoms with E-state index >= 15 is 0 Å². The second-order valence-corrected chi connectivity index (χ2v) is 6.09. The van der Waals surface area contributed by atoms with Crippen molar-refractivity contribution < 1.29 is 0 Å². The van der Waals surface area contributed by atoms with Crippen molar-refractivity contribution in [2.75, 3.05) is 19.0 Å². The molecular formula is C10H8ClN5S2. The average molecular weight is 298 g/mol. The first-order chi connectivity index (χ1) is 8.58. The van der Waals surface area contributed by atoms with Gasteiger partial charge >= 0.3 is 0 Å². The fourth-order valence-corrected chi connectivity index (χ4v) is 3.10. The Morgan fingerprint density at radius 2 is 2.17 bits per heavy atom. The third-order valence-electron chi connectivity index (χ3n) is 1.87. The van der Waals surface area contributed by atoms with E-state index in [1.165, 1.54) is 29.2 Å². The van der Waals surface area contributed by atoms with Crippen LogP contribution in [0.2, 0.25) is 5.15 Å². The Hall–Kier alpha value is -1.36. The summed E-state index contributed by atoms with van der Waals surface area (Å²) in [6, 6.07) is 5.24. The summed E-state index contributed by atoms with van der Waals surface area (Å²) in [5, 5.41) is 18.7. The zero-order valence-corrected chi connectivity index (χ0v) is 12.0. The molecule has 0 saturated heterocycles. The first kappa shape index (κ1) is 13.1. The van der Waals surface area contributed by atoms with Crippen LogP contribution in [0.3, 0.4) is 0 Å². The number of nitriles is 1. The molecule has 0 fully saturated rings. The molecule has 18 heavy (non-hydrogen) atoms. The fourth-order valence-electron chi connectivity index (χ4n) is 1.10.